The molecule has 3 N–H and O–H groups in total. The standard InChI is InChI=1S/C19H22F3N5O2.C16H26N4O2.C11H18N4.C10H20N2O2.C8H6F3NO3.C6H7ClN2.C4H8O2.CH2O3.2CH4.2ClH.2Cs.H/c1-13-11-14(2)25-18(24-13)27-8-4-7-26(9-10-27)17(28)15-5-3-6-23-16(15)29-12-19(20,21)22;1-12-11-13(2)18-14(17-12)19-7-6-8-20(10-9-19)15(21)22-16(3,4)5;1-9-8-10(2)14-11(13-9)15-6-3-4-12-5-7-15;1-10(2,3)14-9(13)12-7-4-5-11-6-8-12;9-8(10,11)4-15-6-5(7(13)14)2-1-3-12-6;1-4-3-5(2)9-6(7)8-4;1-3-6-4(2)5;2-1-4-3;;;;;;;/h3,5-6,11H,4,7-10,12H2,1-2H3;11H,6-10H2,1-5H3;8,12H,3-7H2,1-2H3;11H,4-8H2,1-3H3;1-3H,4H2,(H,13,14);3H,1-2H3;3H2,1-2H3;1,3H;2*1H4;2*1H;;;/q;;;;;;;;;;;;2*+1;-1/p-1. The average molecular weight is 2010 g/mol. The normalized spacial score (nSPS) is 13.8. The number of hydrogen-bond donors (Lipinski definition) is 3. The van der Waals surface area contributed by atoms with Gasteiger partial charge in [0.1, 0.15) is 22.3 Å². The predicted octanol–water partition coefficient (Wildman–Crippen LogP) is 6.14. The minimum absolute atomic E-state index is 0. The summed E-state index contributed by atoms with van der Waals surface area (Å²) in [4.78, 5) is 122. The second-order valence-corrected chi connectivity index (χ2v) is 28.2. The number of aryl methyl sites for hydroxylation is 8. The van der Waals surface area contributed by atoms with E-state index in [-0.39, 0.29) is 215 Å². The maximum absolute atomic E-state index is 12.9. The maximum atomic E-state index is 12.9. The summed E-state index contributed by atoms with van der Waals surface area (Å²) in [5, 5.41) is 24.0. The number of ether oxygens (including phenoxy) is 5. The number of carbonyl (C=O) groups excluding carboxylic acids is 5. The van der Waals surface area contributed by atoms with Crippen LogP contribution in [0.5, 0.6) is 11.8 Å². The van der Waals surface area contributed by atoms with Crippen LogP contribution in [-0.2, 0) is 28.7 Å². The van der Waals surface area contributed by atoms with E-state index >= 15 is 0 Å². The Bertz CT molecular complexity index is 3870. The molecule has 0 spiro atoms. The molecule has 0 unspecified atom stereocenters. The Labute approximate surface area is 837 Å². The molecule has 6 aromatic heterocycles. The number of halogens is 9. The topological polar surface area (TPSA) is 373 Å². The van der Waals surface area contributed by atoms with Crippen LogP contribution in [0.3, 0.4) is 0 Å². The number of esters is 1. The zero-order valence-corrected chi connectivity index (χ0v) is 85.4. The van der Waals surface area contributed by atoms with Crippen LogP contribution in [0.4, 0.5) is 53.8 Å². The molecule has 10 heterocycles. The van der Waals surface area contributed by atoms with E-state index in [1.54, 1.807) is 21.6 Å². The molecule has 6 aromatic rings. The van der Waals surface area contributed by atoms with E-state index in [1.165, 1.54) is 31.3 Å². The Hall–Kier alpha value is -5.53. The molecule has 4 aliphatic heterocycles. The van der Waals surface area contributed by atoms with Crippen LogP contribution in [0.2, 0.25) is 5.28 Å². The molecule has 0 aliphatic carbocycles. The summed E-state index contributed by atoms with van der Waals surface area (Å²) in [7, 11) is 0. The monoisotopic (exact) mass is 2000 g/mol. The van der Waals surface area contributed by atoms with Crippen LogP contribution < -0.4 is 178 Å². The first-order valence-electron chi connectivity index (χ1n) is 36.7. The summed E-state index contributed by atoms with van der Waals surface area (Å²) in [5.74, 6) is -0.598. The number of alkyl halides is 6. The molecule has 0 aromatic carbocycles. The third kappa shape index (κ3) is 52.9. The van der Waals surface area contributed by atoms with E-state index in [0.717, 1.165) is 154 Å². The zero-order valence-electron chi connectivity index (χ0n) is 71.5. The van der Waals surface area contributed by atoms with E-state index in [4.69, 9.17) is 41.0 Å². The van der Waals surface area contributed by atoms with E-state index in [9.17, 15) is 50.3 Å². The summed E-state index contributed by atoms with van der Waals surface area (Å²) in [6.07, 6.45) is -3.29. The van der Waals surface area contributed by atoms with E-state index < -0.39 is 60.1 Å². The van der Waals surface area contributed by atoms with Gasteiger partial charge in [0.25, 0.3) is 12.4 Å². The number of carboxylic acids is 1. The molecule has 43 heteroatoms. The Morgan fingerprint density at radius 1 is 0.508 bits per heavy atom. The van der Waals surface area contributed by atoms with Crippen LogP contribution in [0, 0.1) is 55.4 Å². The minimum Gasteiger partial charge on any atom is -1.00 e. The van der Waals surface area contributed by atoms with Crippen molar-refractivity contribution >= 4 is 90.8 Å². The van der Waals surface area contributed by atoms with E-state index in [1.807, 2.05) is 126 Å². The molecule has 0 radical (unpaired) electrons. The van der Waals surface area contributed by atoms with Gasteiger partial charge < -0.3 is 80.4 Å². The molecule has 666 valence electrons. The Balaban J connectivity index is -0.000000442. The predicted molar refractivity (Wildman–Crippen MR) is 440 cm³/mol. The SMILES string of the molecule is C.C.CC(C)(C)OC(=O)N1CCCNCC1.CCOC(C)=O.Cc1cc(C)nc(Cl)n1.Cc1cc(C)nc(N2CCCN(C(=O)OC(C)(C)C)CC2)n1.Cc1cc(C)nc(N2CCCN(C(=O)c3cccnc3OCC(F)(F)F)CC2)n1.Cc1cc(C)nc(N2CCCNCC2)n1.Cl.Cl.O=C(O)c1cccnc1OCC(F)(F)F.O=CO[O-].[Cs+].[Cs+].[H-]. The number of aromatic nitrogens is 10. The number of carboxylic acid groups (broad SMARTS) is 1. The molecular formula is C77H119Cl3Cs2F6N18O14. The Kier molecular flexibility index (Phi) is 63.0. The summed E-state index contributed by atoms with van der Waals surface area (Å²) in [6.45, 7) is 39.8. The second-order valence-electron chi connectivity index (χ2n) is 27.8. The van der Waals surface area contributed by atoms with Crippen LogP contribution in [-0.4, -0.2) is 254 Å². The fourth-order valence-corrected chi connectivity index (χ4v) is 10.9. The van der Waals surface area contributed by atoms with Gasteiger partial charge in [-0.15, -0.1) is 24.8 Å². The Morgan fingerprint density at radius 3 is 1.18 bits per heavy atom. The molecule has 3 amide bonds. The fourth-order valence-electron chi connectivity index (χ4n) is 10.6. The number of nitrogens with zero attached hydrogens (tertiary/aromatic N) is 16. The number of amides is 3. The molecule has 0 saturated carbocycles. The van der Waals surface area contributed by atoms with Crippen molar-refractivity contribution in [1.82, 2.24) is 75.2 Å². The van der Waals surface area contributed by atoms with Crippen molar-refractivity contribution in [3.05, 3.63) is 123 Å². The van der Waals surface area contributed by atoms with Crippen LogP contribution >= 0.6 is 36.4 Å². The first-order chi connectivity index (χ1) is 53.5. The molecule has 120 heavy (non-hydrogen) atoms. The number of nitrogens with one attached hydrogen (secondary N) is 2. The maximum Gasteiger partial charge on any atom is 1.00 e. The van der Waals surface area contributed by atoms with Gasteiger partial charge >= 0.3 is 174 Å². The molecule has 10 rings (SSSR count). The quantitative estimate of drug-likeness (QED) is 0.0249. The largest absolute Gasteiger partial charge is 1.00 e. The van der Waals surface area contributed by atoms with Crippen molar-refractivity contribution in [3.63, 3.8) is 0 Å². The first-order valence-corrected chi connectivity index (χ1v) is 37.1. The van der Waals surface area contributed by atoms with Gasteiger partial charge in [-0.05, 0) is 203 Å². The third-order valence-corrected chi connectivity index (χ3v) is 15.3. The van der Waals surface area contributed by atoms with Gasteiger partial charge in [0.15, 0.2) is 13.2 Å². The number of anilines is 3. The summed E-state index contributed by atoms with van der Waals surface area (Å²) >= 11 is 5.53. The van der Waals surface area contributed by atoms with Crippen molar-refractivity contribution in [3.8, 4) is 11.8 Å². The molecular weight excluding hydrogens is 1890 g/mol. The smallest absolute Gasteiger partial charge is 1.00 e. The van der Waals surface area contributed by atoms with Crippen LogP contribution in [0.25, 0.3) is 0 Å². The van der Waals surface area contributed by atoms with Crippen molar-refractivity contribution < 1.29 is 233 Å². The molecule has 0 atom stereocenters. The van der Waals surface area contributed by atoms with Gasteiger partial charge in [0, 0.05) is 156 Å². The number of pyridine rings is 2. The van der Waals surface area contributed by atoms with Gasteiger partial charge in [0.2, 0.25) is 34.9 Å². The molecule has 4 fully saturated rings. The molecule has 4 saturated heterocycles. The number of carbonyl (C=O) groups is 6. The number of rotatable bonds is 11. The second kappa shape index (κ2) is 62.6. The zero-order chi connectivity index (χ0) is 85.4. The van der Waals surface area contributed by atoms with Crippen LogP contribution in [0.15, 0.2) is 60.9 Å². The number of hydrogen-bond acceptors (Lipinski definition) is 28. The molecule has 0 bridgehead atoms. The minimum atomic E-state index is -4.52. The van der Waals surface area contributed by atoms with Gasteiger partial charge in [-0.25, -0.2) is 64.2 Å². The van der Waals surface area contributed by atoms with Crippen molar-refractivity contribution in [1.29, 1.82) is 0 Å². The van der Waals surface area contributed by atoms with Crippen LogP contribution in [0.1, 0.15) is 164 Å². The average Bonchev–Trinajstić information content (AvgIpc) is 1.82. The summed E-state index contributed by atoms with van der Waals surface area (Å²) < 4.78 is 96.9. The van der Waals surface area contributed by atoms with E-state index in [2.05, 4.69) is 84.6 Å². The van der Waals surface area contributed by atoms with Gasteiger partial charge in [0.05, 0.1) is 6.61 Å². The van der Waals surface area contributed by atoms with Crippen molar-refractivity contribution in [2.75, 3.05) is 139 Å². The van der Waals surface area contributed by atoms with Gasteiger partial charge in [-0.2, -0.15) is 26.3 Å². The fraction of sp³-hybridized carbons (Fsp3) is 0.584. The summed E-state index contributed by atoms with van der Waals surface area (Å²) in [6, 6.07) is 13.1. The van der Waals surface area contributed by atoms with Gasteiger partial charge in [-0.3, -0.25) is 14.4 Å². The third-order valence-electron chi connectivity index (χ3n) is 15.1. The Morgan fingerprint density at radius 2 is 0.833 bits per heavy atom. The van der Waals surface area contributed by atoms with Gasteiger partial charge in [-0.1, -0.05) is 14.9 Å². The molecule has 4 aliphatic rings. The van der Waals surface area contributed by atoms with Crippen molar-refractivity contribution in [2.45, 2.75) is 175 Å². The van der Waals surface area contributed by atoms with E-state index in [0.29, 0.717) is 63.5 Å². The number of aromatic carboxylic acids is 1. The molecule has 32 nitrogen and oxygen atoms in total. The summed E-state index contributed by atoms with van der Waals surface area (Å²) in [5.41, 5.74) is 6.36. The first kappa shape index (κ1) is 121. The van der Waals surface area contributed by atoms with Crippen molar-refractivity contribution in [2.24, 2.45) is 0 Å².